The van der Waals surface area contributed by atoms with E-state index >= 15 is 0 Å². The summed E-state index contributed by atoms with van der Waals surface area (Å²) in [5.74, 6) is -0.173. The van der Waals surface area contributed by atoms with Crippen LogP contribution in [-0.2, 0) is 6.42 Å². The lowest BCUT2D eigenvalue weighted by Crippen LogP contribution is -2.26. The molecule has 2 aromatic carbocycles. The summed E-state index contributed by atoms with van der Waals surface area (Å²) in [4.78, 5) is 12.0. The molecule has 2 rings (SSSR count). The Bertz CT molecular complexity index is 688. The second-order valence-electron chi connectivity index (χ2n) is 4.95. The van der Waals surface area contributed by atoms with Crippen molar-refractivity contribution in [2.45, 2.75) is 13.3 Å². The fourth-order valence-corrected chi connectivity index (χ4v) is 2.54. The van der Waals surface area contributed by atoms with Crippen LogP contribution in [0, 0.1) is 12.7 Å². The molecule has 0 atom stereocenters. The van der Waals surface area contributed by atoms with E-state index in [2.05, 4.69) is 21.2 Å². The normalized spacial score (nSPS) is 10.4. The van der Waals surface area contributed by atoms with Crippen LogP contribution in [0.3, 0.4) is 0 Å². The standard InChI is InChI=1S/C17H17BrFNO2/c1-11-3-6-16(22-2)12(9-11)7-8-20-17(21)14-10-13(18)4-5-15(14)19/h3-6,9-10H,7-8H2,1-2H3,(H,20,21). The Morgan fingerprint density at radius 2 is 2.05 bits per heavy atom. The van der Waals surface area contributed by atoms with Crippen molar-refractivity contribution in [1.29, 1.82) is 0 Å². The number of carbonyl (C=O) groups is 1. The average Bonchev–Trinajstić information content (AvgIpc) is 2.50. The first kappa shape index (κ1) is 16.5. The molecule has 0 spiro atoms. The Balaban J connectivity index is 2.00. The maximum atomic E-state index is 13.6. The highest BCUT2D eigenvalue weighted by molar-refractivity contribution is 9.10. The average molecular weight is 366 g/mol. The highest BCUT2D eigenvalue weighted by Crippen LogP contribution is 2.20. The smallest absolute Gasteiger partial charge is 0.254 e. The van der Waals surface area contributed by atoms with E-state index in [1.165, 1.54) is 12.1 Å². The fourth-order valence-electron chi connectivity index (χ4n) is 2.18. The monoisotopic (exact) mass is 365 g/mol. The molecule has 5 heteroatoms. The van der Waals surface area contributed by atoms with Crippen molar-refractivity contribution in [1.82, 2.24) is 5.32 Å². The van der Waals surface area contributed by atoms with Gasteiger partial charge in [0.05, 0.1) is 12.7 Å². The predicted octanol–water partition coefficient (Wildman–Crippen LogP) is 3.88. The minimum absolute atomic E-state index is 0.0329. The number of carbonyl (C=O) groups excluding carboxylic acids is 1. The topological polar surface area (TPSA) is 38.3 Å². The number of halogens is 2. The quantitative estimate of drug-likeness (QED) is 0.872. The highest BCUT2D eigenvalue weighted by Gasteiger charge is 2.12. The van der Waals surface area contributed by atoms with Crippen molar-refractivity contribution < 1.29 is 13.9 Å². The Kier molecular flexibility index (Phi) is 5.55. The van der Waals surface area contributed by atoms with E-state index in [0.717, 1.165) is 16.9 Å². The van der Waals surface area contributed by atoms with Crippen molar-refractivity contribution in [3.8, 4) is 5.75 Å². The van der Waals surface area contributed by atoms with Gasteiger partial charge in [-0.15, -0.1) is 0 Å². The zero-order valence-corrected chi connectivity index (χ0v) is 14.0. The van der Waals surface area contributed by atoms with Gasteiger partial charge in [-0.3, -0.25) is 4.79 Å². The van der Waals surface area contributed by atoms with Crippen molar-refractivity contribution in [2.24, 2.45) is 0 Å². The van der Waals surface area contributed by atoms with Crippen molar-refractivity contribution >= 4 is 21.8 Å². The van der Waals surface area contributed by atoms with E-state index in [0.29, 0.717) is 17.4 Å². The van der Waals surface area contributed by atoms with Gasteiger partial charge in [-0.25, -0.2) is 4.39 Å². The number of rotatable bonds is 5. The summed E-state index contributed by atoms with van der Waals surface area (Å²) < 4.78 is 19.6. The lowest BCUT2D eigenvalue weighted by molar-refractivity contribution is 0.0950. The van der Waals surface area contributed by atoms with Crippen LogP contribution in [0.4, 0.5) is 4.39 Å². The third-order valence-corrected chi connectivity index (χ3v) is 3.78. The van der Waals surface area contributed by atoms with Crippen LogP contribution in [0.2, 0.25) is 0 Å². The second-order valence-corrected chi connectivity index (χ2v) is 5.86. The Labute approximate surface area is 137 Å². The van der Waals surface area contributed by atoms with E-state index in [-0.39, 0.29) is 5.56 Å². The van der Waals surface area contributed by atoms with Gasteiger partial charge < -0.3 is 10.1 Å². The molecule has 0 saturated heterocycles. The van der Waals surface area contributed by atoms with Crippen molar-refractivity contribution in [3.63, 3.8) is 0 Å². The molecule has 1 N–H and O–H groups in total. The minimum atomic E-state index is -0.533. The first-order chi connectivity index (χ1) is 10.5. The molecule has 3 nitrogen and oxygen atoms in total. The van der Waals surface area contributed by atoms with Gasteiger partial charge in [-0.05, 0) is 43.2 Å². The number of nitrogens with one attached hydrogen (secondary N) is 1. The molecule has 0 aliphatic rings. The second kappa shape index (κ2) is 7.40. The van der Waals surface area contributed by atoms with E-state index in [1.807, 2.05) is 25.1 Å². The largest absolute Gasteiger partial charge is 0.496 e. The van der Waals surface area contributed by atoms with Gasteiger partial charge in [-0.2, -0.15) is 0 Å². The summed E-state index contributed by atoms with van der Waals surface area (Å²) >= 11 is 3.23. The number of ether oxygens (including phenoxy) is 1. The van der Waals surface area contributed by atoms with Crippen LogP contribution in [0.1, 0.15) is 21.5 Å². The number of methoxy groups -OCH3 is 1. The van der Waals surface area contributed by atoms with Crippen LogP contribution in [-0.4, -0.2) is 19.6 Å². The molecule has 0 unspecified atom stereocenters. The summed E-state index contributed by atoms with van der Waals surface area (Å²) in [7, 11) is 1.61. The Hall–Kier alpha value is -1.88. The number of hydrogen-bond donors (Lipinski definition) is 1. The third kappa shape index (κ3) is 4.07. The minimum Gasteiger partial charge on any atom is -0.496 e. The molecule has 0 heterocycles. The van der Waals surface area contributed by atoms with Crippen LogP contribution in [0.15, 0.2) is 40.9 Å². The molecule has 0 aliphatic heterocycles. The zero-order valence-electron chi connectivity index (χ0n) is 12.5. The summed E-state index contributed by atoms with van der Waals surface area (Å²) in [6, 6.07) is 10.2. The number of hydrogen-bond acceptors (Lipinski definition) is 2. The molecule has 0 bridgehead atoms. The molecule has 1 amide bonds. The number of aryl methyl sites for hydroxylation is 1. The molecule has 116 valence electrons. The molecule has 0 aliphatic carbocycles. The fraction of sp³-hybridized carbons (Fsp3) is 0.235. The van der Waals surface area contributed by atoms with E-state index in [4.69, 9.17) is 4.74 Å². The maximum absolute atomic E-state index is 13.6. The Morgan fingerprint density at radius 1 is 1.27 bits per heavy atom. The highest BCUT2D eigenvalue weighted by atomic mass is 79.9. The van der Waals surface area contributed by atoms with E-state index in [1.54, 1.807) is 13.2 Å². The molecule has 0 radical (unpaired) electrons. The lowest BCUT2D eigenvalue weighted by atomic mass is 10.1. The van der Waals surface area contributed by atoms with Crippen LogP contribution < -0.4 is 10.1 Å². The first-order valence-electron chi connectivity index (χ1n) is 6.88. The zero-order chi connectivity index (χ0) is 16.1. The number of benzene rings is 2. The van der Waals surface area contributed by atoms with Gasteiger partial charge >= 0.3 is 0 Å². The van der Waals surface area contributed by atoms with Crippen LogP contribution in [0.5, 0.6) is 5.75 Å². The van der Waals surface area contributed by atoms with Crippen molar-refractivity contribution in [2.75, 3.05) is 13.7 Å². The Morgan fingerprint density at radius 3 is 2.77 bits per heavy atom. The number of amides is 1. The predicted molar refractivity (Wildman–Crippen MR) is 87.9 cm³/mol. The summed E-state index contributed by atoms with van der Waals surface area (Å²) in [5, 5.41) is 2.73. The summed E-state index contributed by atoms with van der Waals surface area (Å²) in [5.41, 5.74) is 2.17. The molecular weight excluding hydrogens is 349 g/mol. The molecule has 0 aromatic heterocycles. The first-order valence-corrected chi connectivity index (χ1v) is 7.67. The van der Waals surface area contributed by atoms with E-state index < -0.39 is 11.7 Å². The molecule has 0 fully saturated rings. The van der Waals surface area contributed by atoms with Gasteiger partial charge in [0, 0.05) is 11.0 Å². The van der Waals surface area contributed by atoms with Gasteiger partial charge in [0.25, 0.3) is 5.91 Å². The molecule has 22 heavy (non-hydrogen) atoms. The van der Waals surface area contributed by atoms with Gasteiger partial charge in [0.2, 0.25) is 0 Å². The molecule has 0 saturated carbocycles. The summed E-state index contributed by atoms with van der Waals surface area (Å²) in [6.45, 7) is 2.41. The van der Waals surface area contributed by atoms with Gasteiger partial charge in [0.1, 0.15) is 11.6 Å². The molecular formula is C17H17BrFNO2. The van der Waals surface area contributed by atoms with Crippen molar-refractivity contribution in [3.05, 3.63) is 63.4 Å². The van der Waals surface area contributed by atoms with Gasteiger partial charge in [0.15, 0.2) is 0 Å². The maximum Gasteiger partial charge on any atom is 0.254 e. The molecule has 2 aromatic rings. The SMILES string of the molecule is COc1ccc(C)cc1CCNC(=O)c1cc(Br)ccc1F. The van der Waals surface area contributed by atoms with Crippen LogP contribution in [0.25, 0.3) is 0 Å². The summed E-state index contributed by atoms with van der Waals surface area (Å²) in [6.07, 6.45) is 0.617. The van der Waals surface area contributed by atoms with Crippen LogP contribution >= 0.6 is 15.9 Å². The third-order valence-electron chi connectivity index (χ3n) is 3.29. The van der Waals surface area contributed by atoms with E-state index in [9.17, 15) is 9.18 Å². The lowest BCUT2D eigenvalue weighted by Gasteiger charge is -2.11. The van der Waals surface area contributed by atoms with Gasteiger partial charge in [-0.1, -0.05) is 33.6 Å².